The molecule has 0 radical (unpaired) electrons. The number of hydrogen-bond acceptors (Lipinski definition) is 4. The standard InChI is InChI=1S/C14H11BrN2O4/c1-21-12-7-16-5-4-9(12)13(18)17-11-6-8(14(19)20)2-3-10(11)15/h2-7H,1H3,(H,17,18)(H,19,20). The molecule has 1 heterocycles. The van der Waals surface area contributed by atoms with Crippen molar-refractivity contribution in [1.82, 2.24) is 4.98 Å². The number of amides is 1. The first kappa shape index (κ1) is 15.0. The summed E-state index contributed by atoms with van der Waals surface area (Å²) in [4.78, 5) is 27.1. The van der Waals surface area contributed by atoms with Crippen LogP contribution in [0.3, 0.4) is 0 Å². The molecule has 108 valence electrons. The zero-order valence-electron chi connectivity index (χ0n) is 11.0. The lowest BCUT2D eigenvalue weighted by Gasteiger charge is -2.10. The molecule has 7 heteroatoms. The van der Waals surface area contributed by atoms with Crippen LogP contribution in [0.15, 0.2) is 41.1 Å². The van der Waals surface area contributed by atoms with E-state index in [1.165, 1.54) is 37.7 Å². The molecule has 21 heavy (non-hydrogen) atoms. The predicted octanol–water partition coefficient (Wildman–Crippen LogP) is 2.80. The van der Waals surface area contributed by atoms with E-state index in [2.05, 4.69) is 26.2 Å². The summed E-state index contributed by atoms with van der Waals surface area (Å²) in [6.45, 7) is 0. The van der Waals surface area contributed by atoms with Crippen molar-refractivity contribution in [3.8, 4) is 5.75 Å². The number of ether oxygens (including phenoxy) is 1. The van der Waals surface area contributed by atoms with Crippen molar-refractivity contribution in [1.29, 1.82) is 0 Å². The SMILES string of the molecule is COc1cnccc1C(=O)Nc1cc(C(=O)O)ccc1Br. The minimum Gasteiger partial charge on any atom is -0.494 e. The Bertz CT molecular complexity index is 703. The van der Waals surface area contributed by atoms with Crippen LogP contribution < -0.4 is 10.1 Å². The van der Waals surface area contributed by atoms with Crippen LogP contribution in [0.5, 0.6) is 5.75 Å². The van der Waals surface area contributed by atoms with Crippen molar-refractivity contribution in [2.24, 2.45) is 0 Å². The lowest BCUT2D eigenvalue weighted by molar-refractivity contribution is 0.0696. The van der Waals surface area contributed by atoms with Crippen molar-refractivity contribution in [2.75, 3.05) is 12.4 Å². The van der Waals surface area contributed by atoms with E-state index in [4.69, 9.17) is 9.84 Å². The fourth-order valence-corrected chi connectivity index (χ4v) is 2.02. The average Bonchev–Trinajstić information content (AvgIpc) is 2.49. The highest BCUT2D eigenvalue weighted by atomic mass is 79.9. The van der Waals surface area contributed by atoms with E-state index < -0.39 is 11.9 Å². The second-order valence-electron chi connectivity index (χ2n) is 4.03. The second-order valence-corrected chi connectivity index (χ2v) is 4.88. The normalized spacial score (nSPS) is 10.0. The number of hydrogen-bond donors (Lipinski definition) is 2. The molecule has 1 amide bonds. The van der Waals surface area contributed by atoms with Gasteiger partial charge in [0.25, 0.3) is 5.91 Å². The molecule has 0 saturated carbocycles. The molecule has 6 nitrogen and oxygen atoms in total. The van der Waals surface area contributed by atoms with Gasteiger partial charge in [-0.2, -0.15) is 0 Å². The quantitative estimate of drug-likeness (QED) is 0.884. The Kier molecular flexibility index (Phi) is 4.54. The molecule has 2 N–H and O–H groups in total. The van der Waals surface area contributed by atoms with Crippen LogP contribution in [0.1, 0.15) is 20.7 Å². The van der Waals surface area contributed by atoms with E-state index >= 15 is 0 Å². The number of carbonyl (C=O) groups is 2. The van der Waals surface area contributed by atoms with Gasteiger partial charge in [-0.25, -0.2) is 4.79 Å². The summed E-state index contributed by atoms with van der Waals surface area (Å²) in [6, 6.07) is 5.89. The van der Waals surface area contributed by atoms with Gasteiger partial charge in [-0.1, -0.05) is 0 Å². The summed E-state index contributed by atoms with van der Waals surface area (Å²) in [5, 5.41) is 11.6. The van der Waals surface area contributed by atoms with Gasteiger partial charge in [0, 0.05) is 10.7 Å². The average molecular weight is 351 g/mol. The first-order chi connectivity index (χ1) is 10.0. The molecule has 0 atom stereocenters. The molecule has 0 saturated heterocycles. The van der Waals surface area contributed by atoms with E-state index in [1.807, 2.05) is 0 Å². The molecule has 0 aliphatic heterocycles. The van der Waals surface area contributed by atoms with Gasteiger partial charge >= 0.3 is 5.97 Å². The Labute approximate surface area is 128 Å². The number of nitrogens with zero attached hydrogens (tertiary/aromatic N) is 1. The van der Waals surface area contributed by atoms with Gasteiger partial charge < -0.3 is 15.2 Å². The minimum absolute atomic E-state index is 0.0789. The molecular weight excluding hydrogens is 340 g/mol. The third-order valence-electron chi connectivity index (χ3n) is 2.71. The number of aromatic carboxylic acids is 1. The van der Waals surface area contributed by atoms with E-state index in [-0.39, 0.29) is 5.56 Å². The van der Waals surface area contributed by atoms with Gasteiger partial charge in [-0.05, 0) is 40.2 Å². The topological polar surface area (TPSA) is 88.5 Å². The summed E-state index contributed by atoms with van der Waals surface area (Å²) in [5.41, 5.74) is 0.745. The van der Waals surface area contributed by atoms with Crippen LogP contribution in [0, 0.1) is 0 Å². The van der Waals surface area contributed by atoms with Crippen LogP contribution in [0.4, 0.5) is 5.69 Å². The molecule has 2 aromatic rings. The van der Waals surface area contributed by atoms with E-state index in [9.17, 15) is 9.59 Å². The number of aromatic nitrogens is 1. The molecule has 2 rings (SSSR count). The number of rotatable bonds is 4. The molecule has 0 unspecified atom stereocenters. The Hall–Kier alpha value is -2.41. The Balaban J connectivity index is 2.31. The fraction of sp³-hybridized carbons (Fsp3) is 0.0714. The largest absolute Gasteiger partial charge is 0.494 e. The lowest BCUT2D eigenvalue weighted by atomic mass is 10.2. The predicted molar refractivity (Wildman–Crippen MR) is 79.8 cm³/mol. The summed E-state index contributed by atoms with van der Waals surface area (Å²) in [7, 11) is 1.44. The Morgan fingerprint density at radius 1 is 1.33 bits per heavy atom. The molecule has 0 aliphatic rings. The molecule has 0 aliphatic carbocycles. The number of anilines is 1. The zero-order valence-corrected chi connectivity index (χ0v) is 12.5. The first-order valence-electron chi connectivity index (χ1n) is 5.85. The summed E-state index contributed by atoms with van der Waals surface area (Å²) >= 11 is 3.26. The maximum atomic E-state index is 12.2. The van der Waals surface area contributed by atoms with Crippen molar-refractivity contribution in [2.45, 2.75) is 0 Å². The number of carboxylic acids is 1. The Morgan fingerprint density at radius 2 is 2.10 bits per heavy atom. The van der Waals surface area contributed by atoms with Crippen molar-refractivity contribution in [3.63, 3.8) is 0 Å². The van der Waals surface area contributed by atoms with Gasteiger partial charge in [-0.15, -0.1) is 0 Å². The smallest absolute Gasteiger partial charge is 0.335 e. The van der Waals surface area contributed by atoms with Crippen molar-refractivity contribution in [3.05, 3.63) is 52.3 Å². The van der Waals surface area contributed by atoms with Gasteiger partial charge in [-0.3, -0.25) is 9.78 Å². The zero-order chi connectivity index (χ0) is 15.4. The number of carbonyl (C=O) groups excluding carboxylic acids is 1. The number of methoxy groups -OCH3 is 1. The van der Waals surface area contributed by atoms with Gasteiger partial charge in [0.05, 0.1) is 30.1 Å². The van der Waals surface area contributed by atoms with Crippen LogP contribution in [0.25, 0.3) is 0 Å². The monoisotopic (exact) mass is 350 g/mol. The third kappa shape index (κ3) is 3.38. The van der Waals surface area contributed by atoms with Crippen molar-refractivity contribution >= 4 is 33.5 Å². The van der Waals surface area contributed by atoms with Crippen LogP contribution in [-0.2, 0) is 0 Å². The molecule has 1 aromatic carbocycles. The number of nitrogens with one attached hydrogen (secondary N) is 1. The lowest BCUT2D eigenvalue weighted by Crippen LogP contribution is -2.14. The van der Waals surface area contributed by atoms with Crippen LogP contribution in [-0.4, -0.2) is 29.1 Å². The van der Waals surface area contributed by atoms with Gasteiger partial charge in [0.1, 0.15) is 5.75 Å². The maximum Gasteiger partial charge on any atom is 0.335 e. The van der Waals surface area contributed by atoms with Crippen molar-refractivity contribution < 1.29 is 19.4 Å². The van der Waals surface area contributed by atoms with Crippen LogP contribution in [0.2, 0.25) is 0 Å². The number of pyridine rings is 1. The maximum absolute atomic E-state index is 12.2. The molecule has 0 spiro atoms. The highest BCUT2D eigenvalue weighted by molar-refractivity contribution is 9.10. The molecule has 0 fully saturated rings. The number of halogens is 1. The summed E-state index contributed by atoms with van der Waals surface area (Å²) < 4.78 is 5.64. The minimum atomic E-state index is -1.07. The van der Waals surface area contributed by atoms with Gasteiger partial charge in [0.2, 0.25) is 0 Å². The van der Waals surface area contributed by atoms with E-state index in [1.54, 1.807) is 6.07 Å². The fourth-order valence-electron chi connectivity index (χ4n) is 1.67. The summed E-state index contributed by atoms with van der Waals surface area (Å²) in [6.07, 6.45) is 2.90. The van der Waals surface area contributed by atoms with Gasteiger partial charge in [0.15, 0.2) is 0 Å². The first-order valence-corrected chi connectivity index (χ1v) is 6.64. The molecular formula is C14H11BrN2O4. The summed E-state index contributed by atoms with van der Waals surface area (Å²) in [5.74, 6) is -1.16. The number of carboxylic acid groups (broad SMARTS) is 1. The molecule has 0 bridgehead atoms. The second kappa shape index (κ2) is 6.36. The van der Waals surface area contributed by atoms with E-state index in [0.29, 0.717) is 21.5 Å². The third-order valence-corrected chi connectivity index (χ3v) is 3.40. The molecule has 1 aromatic heterocycles. The number of benzene rings is 1. The van der Waals surface area contributed by atoms with Crippen LogP contribution >= 0.6 is 15.9 Å². The highest BCUT2D eigenvalue weighted by Crippen LogP contribution is 2.25. The van der Waals surface area contributed by atoms with E-state index in [0.717, 1.165) is 0 Å². The highest BCUT2D eigenvalue weighted by Gasteiger charge is 2.14. The Morgan fingerprint density at radius 3 is 2.76 bits per heavy atom.